The zero-order chi connectivity index (χ0) is 21.5. The van der Waals surface area contributed by atoms with Crippen LogP contribution in [0.3, 0.4) is 0 Å². The highest BCUT2D eigenvalue weighted by Gasteiger charge is 2.13. The van der Waals surface area contributed by atoms with E-state index in [1.165, 1.54) is 33.6 Å². The van der Waals surface area contributed by atoms with E-state index in [1.54, 1.807) is 24.3 Å². The van der Waals surface area contributed by atoms with Crippen molar-refractivity contribution in [2.24, 2.45) is 5.10 Å². The molecular weight excluding hydrogens is 388 g/mol. The number of hydrogen-bond donors (Lipinski definition) is 2. The first-order chi connectivity index (χ1) is 14.5. The average molecular weight is 408 g/mol. The minimum Gasteiger partial charge on any atom is -0.493 e. The van der Waals surface area contributed by atoms with Crippen LogP contribution < -0.4 is 25.3 Å². The van der Waals surface area contributed by atoms with Gasteiger partial charge in [-0.05, 0) is 18.2 Å². The Labute approximate surface area is 172 Å². The van der Waals surface area contributed by atoms with Gasteiger partial charge in [-0.3, -0.25) is 4.79 Å². The highest BCUT2D eigenvalue weighted by molar-refractivity contribution is 5.94. The summed E-state index contributed by atoms with van der Waals surface area (Å²) in [4.78, 5) is 30.6. The lowest BCUT2D eigenvalue weighted by atomic mass is 10.1. The van der Waals surface area contributed by atoms with Crippen LogP contribution >= 0.6 is 0 Å². The summed E-state index contributed by atoms with van der Waals surface area (Å²) in [6.45, 7) is 0. The first-order valence-corrected chi connectivity index (χ1v) is 8.86. The predicted octanol–water partition coefficient (Wildman–Crippen LogP) is 2.23. The number of aromatic amines is 1. The molecule has 0 unspecified atom stereocenters. The van der Waals surface area contributed by atoms with Gasteiger partial charge in [0.15, 0.2) is 11.5 Å². The highest BCUT2D eigenvalue weighted by Crippen LogP contribution is 2.37. The predicted molar refractivity (Wildman–Crippen MR) is 111 cm³/mol. The van der Waals surface area contributed by atoms with E-state index in [1.807, 2.05) is 18.2 Å². The molecule has 0 fully saturated rings. The fraction of sp³-hybridized carbons (Fsp3) is 0.143. The summed E-state index contributed by atoms with van der Waals surface area (Å²) in [5.74, 6) is 0.769. The van der Waals surface area contributed by atoms with Crippen molar-refractivity contribution < 1.29 is 19.0 Å². The number of benzene rings is 2. The van der Waals surface area contributed by atoms with Crippen LogP contribution in [-0.4, -0.2) is 43.4 Å². The molecule has 154 valence electrons. The Bertz CT molecular complexity index is 1100. The first-order valence-electron chi connectivity index (χ1n) is 8.86. The van der Waals surface area contributed by atoms with Crippen LogP contribution in [0.2, 0.25) is 0 Å². The number of hydrazone groups is 1. The standard InChI is InChI=1S/C21H20N4O5/c1-28-17-9-13(10-18(29-2)19(17)30-3)12-22-25-20(26)16-11-15(23-21(27)24-16)14-7-5-4-6-8-14/h4-12H,1-3H3,(H,25,26)(H,23,24,27)/b22-12+. The molecule has 2 aromatic carbocycles. The molecule has 0 saturated heterocycles. The molecule has 0 aliphatic heterocycles. The zero-order valence-corrected chi connectivity index (χ0v) is 16.6. The molecule has 30 heavy (non-hydrogen) atoms. The molecule has 1 aromatic heterocycles. The highest BCUT2D eigenvalue weighted by atomic mass is 16.5. The number of hydrogen-bond acceptors (Lipinski definition) is 7. The first kappa shape index (κ1) is 20.6. The van der Waals surface area contributed by atoms with Crippen LogP contribution in [0, 0.1) is 0 Å². The summed E-state index contributed by atoms with van der Waals surface area (Å²) in [5, 5.41) is 3.94. The molecule has 0 saturated carbocycles. The minimum atomic E-state index is -0.630. The fourth-order valence-corrected chi connectivity index (χ4v) is 2.74. The van der Waals surface area contributed by atoms with Gasteiger partial charge in [-0.1, -0.05) is 30.3 Å². The van der Waals surface area contributed by atoms with Gasteiger partial charge in [0.2, 0.25) is 5.75 Å². The number of methoxy groups -OCH3 is 3. The van der Waals surface area contributed by atoms with Gasteiger partial charge in [-0.15, -0.1) is 0 Å². The van der Waals surface area contributed by atoms with Crippen molar-refractivity contribution in [1.29, 1.82) is 0 Å². The van der Waals surface area contributed by atoms with Gasteiger partial charge in [0.25, 0.3) is 5.91 Å². The van der Waals surface area contributed by atoms with E-state index in [0.29, 0.717) is 28.5 Å². The van der Waals surface area contributed by atoms with E-state index in [-0.39, 0.29) is 5.69 Å². The summed E-state index contributed by atoms with van der Waals surface area (Å²) >= 11 is 0. The lowest BCUT2D eigenvalue weighted by molar-refractivity contribution is 0.0949. The van der Waals surface area contributed by atoms with E-state index in [2.05, 4.69) is 20.5 Å². The summed E-state index contributed by atoms with van der Waals surface area (Å²) in [6, 6.07) is 13.9. The second-order valence-corrected chi connectivity index (χ2v) is 6.01. The number of carbonyl (C=O) groups excluding carboxylic acids is 1. The van der Waals surface area contributed by atoms with Gasteiger partial charge in [0.1, 0.15) is 5.69 Å². The van der Waals surface area contributed by atoms with E-state index in [0.717, 1.165) is 5.56 Å². The Morgan fingerprint density at radius 3 is 2.30 bits per heavy atom. The van der Waals surface area contributed by atoms with E-state index in [4.69, 9.17) is 14.2 Å². The summed E-state index contributed by atoms with van der Waals surface area (Å²) < 4.78 is 15.8. The molecule has 0 aliphatic carbocycles. The van der Waals surface area contributed by atoms with Gasteiger partial charge in [-0.25, -0.2) is 10.2 Å². The molecule has 3 aromatic rings. The number of amides is 1. The number of nitrogens with one attached hydrogen (secondary N) is 2. The third kappa shape index (κ3) is 4.64. The van der Waals surface area contributed by atoms with Crippen molar-refractivity contribution in [2.45, 2.75) is 0 Å². The molecule has 1 heterocycles. The van der Waals surface area contributed by atoms with Gasteiger partial charge in [0, 0.05) is 11.1 Å². The quantitative estimate of drug-likeness (QED) is 0.458. The molecule has 9 nitrogen and oxygen atoms in total. The van der Waals surface area contributed by atoms with Crippen molar-refractivity contribution in [3.05, 3.63) is 70.3 Å². The number of nitrogens with zero attached hydrogens (tertiary/aromatic N) is 2. The Balaban J connectivity index is 1.80. The lowest BCUT2D eigenvalue weighted by Gasteiger charge is -2.12. The van der Waals surface area contributed by atoms with Crippen LogP contribution in [0.25, 0.3) is 11.3 Å². The monoisotopic (exact) mass is 408 g/mol. The van der Waals surface area contributed by atoms with Gasteiger partial charge in [0.05, 0.1) is 33.2 Å². The van der Waals surface area contributed by atoms with Crippen molar-refractivity contribution in [3.63, 3.8) is 0 Å². The maximum Gasteiger partial charge on any atom is 0.346 e. The van der Waals surface area contributed by atoms with Crippen molar-refractivity contribution >= 4 is 12.1 Å². The minimum absolute atomic E-state index is 0.0379. The number of aromatic nitrogens is 2. The van der Waals surface area contributed by atoms with Crippen molar-refractivity contribution in [2.75, 3.05) is 21.3 Å². The van der Waals surface area contributed by atoms with Crippen LogP contribution in [0.1, 0.15) is 16.1 Å². The third-order valence-electron chi connectivity index (χ3n) is 4.13. The van der Waals surface area contributed by atoms with Crippen LogP contribution in [0.4, 0.5) is 0 Å². The Kier molecular flexibility index (Phi) is 6.43. The van der Waals surface area contributed by atoms with Crippen LogP contribution in [-0.2, 0) is 0 Å². The van der Waals surface area contributed by atoms with E-state index in [9.17, 15) is 9.59 Å². The second kappa shape index (κ2) is 9.37. The van der Waals surface area contributed by atoms with E-state index < -0.39 is 11.6 Å². The zero-order valence-electron chi connectivity index (χ0n) is 16.6. The maximum absolute atomic E-state index is 12.4. The fourth-order valence-electron chi connectivity index (χ4n) is 2.74. The normalized spacial score (nSPS) is 10.6. The summed E-state index contributed by atoms with van der Waals surface area (Å²) in [5.41, 5.74) is 3.50. The molecule has 0 aliphatic rings. The number of carbonyl (C=O) groups is 1. The Morgan fingerprint density at radius 2 is 1.70 bits per heavy atom. The molecule has 0 spiro atoms. The molecule has 2 N–H and O–H groups in total. The van der Waals surface area contributed by atoms with E-state index >= 15 is 0 Å². The van der Waals surface area contributed by atoms with Gasteiger partial charge >= 0.3 is 5.69 Å². The Hall–Kier alpha value is -4.14. The molecular formula is C21H20N4O5. The van der Waals surface area contributed by atoms with Gasteiger partial charge < -0.3 is 19.2 Å². The van der Waals surface area contributed by atoms with Crippen molar-refractivity contribution in [3.8, 4) is 28.5 Å². The van der Waals surface area contributed by atoms with Gasteiger partial charge in [-0.2, -0.15) is 10.1 Å². The van der Waals surface area contributed by atoms with Crippen LogP contribution in [0.5, 0.6) is 17.2 Å². The maximum atomic E-state index is 12.4. The summed E-state index contributed by atoms with van der Waals surface area (Å²) in [6.07, 6.45) is 1.42. The number of rotatable bonds is 7. The molecule has 1 amide bonds. The lowest BCUT2D eigenvalue weighted by Crippen LogP contribution is -2.24. The molecule has 0 bridgehead atoms. The number of H-pyrrole nitrogens is 1. The average Bonchev–Trinajstić information content (AvgIpc) is 2.78. The Morgan fingerprint density at radius 1 is 1.03 bits per heavy atom. The molecule has 0 atom stereocenters. The molecule has 3 rings (SSSR count). The molecule has 9 heteroatoms. The third-order valence-corrected chi connectivity index (χ3v) is 4.13. The second-order valence-electron chi connectivity index (χ2n) is 6.01. The SMILES string of the molecule is COc1cc(/C=N/NC(=O)c2cc(-c3ccccc3)nc(=O)[nH]2)cc(OC)c1OC. The molecule has 0 radical (unpaired) electrons. The summed E-state index contributed by atoms with van der Waals surface area (Å²) in [7, 11) is 4.52. The smallest absolute Gasteiger partial charge is 0.346 e. The van der Waals surface area contributed by atoms with Crippen LogP contribution in [0.15, 0.2) is 58.4 Å². The number of ether oxygens (including phenoxy) is 3. The largest absolute Gasteiger partial charge is 0.493 e. The topological polar surface area (TPSA) is 115 Å². The van der Waals surface area contributed by atoms with Crippen molar-refractivity contribution in [1.82, 2.24) is 15.4 Å².